The number of non-ortho nitro benzene ring substituents is 1. The van der Waals surface area contributed by atoms with Crippen LogP contribution in [-0.2, 0) is 4.79 Å². The van der Waals surface area contributed by atoms with E-state index >= 15 is 0 Å². The number of nitro groups is 1. The molecule has 0 amide bonds. The van der Waals surface area contributed by atoms with Gasteiger partial charge >= 0.3 is 5.97 Å². The molecule has 0 aliphatic rings. The molecule has 0 radical (unpaired) electrons. The van der Waals surface area contributed by atoms with Crippen LogP contribution in [0.1, 0.15) is 30.9 Å². The minimum Gasteiger partial charge on any atom is -0.481 e. The number of azide groups is 1. The topological polar surface area (TPSA) is 129 Å². The molecule has 19 heavy (non-hydrogen) atoms. The number of nitro benzene ring substituents is 1. The van der Waals surface area contributed by atoms with Crippen LogP contribution in [0.15, 0.2) is 29.4 Å². The van der Waals surface area contributed by atoms with Crippen molar-refractivity contribution in [2.24, 2.45) is 5.11 Å². The Balaban J connectivity index is 2.77. The molecule has 1 unspecified atom stereocenters. The number of aliphatic carboxylic acids is 1. The molecule has 0 bridgehead atoms. The van der Waals surface area contributed by atoms with Crippen LogP contribution >= 0.6 is 0 Å². The SMILES string of the molecule is [N-]=[N+]=NC(CCCC(=O)O)c1ccc([N+](=O)[O-])cc1. The summed E-state index contributed by atoms with van der Waals surface area (Å²) in [6.45, 7) is 0. The van der Waals surface area contributed by atoms with Gasteiger partial charge in [-0.05, 0) is 23.9 Å². The summed E-state index contributed by atoms with van der Waals surface area (Å²) in [4.78, 5) is 23.1. The molecule has 0 saturated carbocycles. The van der Waals surface area contributed by atoms with Gasteiger partial charge in [0, 0.05) is 23.5 Å². The quantitative estimate of drug-likeness (QED) is 0.266. The normalized spacial score (nSPS) is 11.4. The minimum absolute atomic E-state index is 0.00949. The molecule has 0 saturated heterocycles. The molecule has 1 atom stereocenters. The maximum absolute atomic E-state index is 10.5. The highest BCUT2D eigenvalue weighted by atomic mass is 16.6. The van der Waals surface area contributed by atoms with Gasteiger partial charge in [-0.15, -0.1) is 0 Å². The van der Waals surface area contributed by atoms with Crippen LogP contribution in [-0.4, -0.2) is 16.0 Å². The van der Waals surface area contributed by atoms with Crippen molar-refractivity contribution in [3.63, 3.8) is 0 Å². The van der Waals surface area contributed by atoms with E-state index in [0.717, 1.165) is 0 Å². The fourth-order valence-corrected chi connectivity index (χ4v) is 1.62. The first-order valence-corrected chi connectivity index (χ1v) is 5.55. The van der Waals surface area contributed by atoms with Crippen molar-refractivity contribution in [2.75, 3.05) is 0 Å². The van der Waals surface area contributed by atoms with E-state index in [0.29, 0.717) is 18.4 Å². The molecule has 1 N–H and O–H groups in total. The van der Waals surface area contributed by atoms with Gasteiger partial charge < -0.3 is 5.11 Å². The van der Waals surface area contributed by atoms with Crippen LogP contribution in [0, 0.1) is 10.1 Å². The molecule has 8 heteroatoms. The van der Waals surface area contributed by atoms with E-state index in [-0.39, 0.29) is 12.1 Å². The van der Waals surface area contributed by atoms with Crippen LogP contribution in [0.25, 0.3) is 10.4 Å². The number of carboxylic acids is 1. The highest BCUT2D eigenvalue weighted by Crippen LogP contribution is 2.25. The minimum atomic E-state index is -0.914. The van der Waals surface area contributed by atoms with Crippen molar-refractivity contribution >= 4 is 11.7 Å². The van der Waals surface area contributed by atoms with Gasteiger partial charge in [0.25, 0.3) is 5.69 Å². The fraction of sp³-hybridized carbons (Fsp3) is 0.364. The zero-order valence-corrected chi connectivity index (χ0v) is 9.97. The summed E-state index contributed by atoms with van der Waals surface area (Å²) in [7, 11) is 0. The first kappa shape index (κ1) is 14.5. The molecule has 0 spiro atoms. The van der Waals surface area contributed by atoms with Gasteiger partial charge in [0.1, 0.15) is 0 Å². The lowest BCUT2D eigenvalue weighted by molar-refractivity contribution is -0.384. The summed E-state index contributed by atoms with van der Waals surface area (Å²) in [5.41, 5.74) is 9.07. The molecule has 8 nitrogen and oxygen atoms in total. The number of hydrogen-bond donors (Lipinski definition) is 1. The molecule has 0 heterocycles. The molecule has 0 aromatic heterocycles. The lowest BCUT2D eigenvalue weighted by Crippen LogP contribution is -1.99. The number of carbonyl (C=O) groups is 1. The predicted molar refractivity (Wildman–Crippen MR) is 66.5 cm³/mol. The summed E-state index contributed by atoms with van der Waals surface area (Å²) in [6.07, 6.45) is 0.745. The first-order chi connectivity index (χ1) is 9.04. The van der Waals surface area contributed by atoms with E-state index in [2.05, 4.69) is 10.0 Å². The third-order valence-electron chi connectivity index (χ3n) is 2.55. The monoisotopic (exact) mass is 264 g/mol. The smallest absolute Gasteiger partial charge is 0.303 e. The zero-order valence-electron chi connectivity index (χ0n) is 9.97. The Morgan fingerprint density at radius 2 is 2.11 bits per heavy atom. The van der Waals surface area contributed by atoms with Crippen LogP contribution in [0.2, 0.25) is 0 Å². The third-order valence-corrected chi connectivity index (χ3v) is 2.55. The van der Waals surface area contributed by atoms with Crippen LogP contribution < -0.4 is 0 Å². The lowest BCUT2D eigenvalue weighted by atomic mass is 10.0. The third kappa shape index (κ3) is 4.64. The number of benzene rings is 1. The number of hydrogen-bond acceptors (Lipinski definition) is 4. The second-order valence-electron chi connectivity index (χ2n) is 3.86. The van der Waals surface area contributed by atoms with E-state index < -0.39 is 16.9 Å². The molecule has 0 aliphatic heterocycles. The van der Waals surface area contributed by atoms with Crippen molar-refractivity contribution in [1.82, 2.24) is 0 Å². The average molecular weight is 264 g/mol. The van der Waals surface area contributed by atoms with Gasteiger partial charge in [-0.3, -0.25) is 14.9 Å². The fourth-order valence-electron chi connectivity index (χ4n) is 1.62. The highest BCUT2D eigenvalue weighted by Gasteiger charge is 2.12. The van der Waals surface area contributed by atoms with Crippen molar-refractivity contribution in [3.05, 3.63) is 50.4 Å². The molecular formula is C11H12N4O4. The van der Waals surface area contributed by atoms with Crippen molar-refractivity contribution < 1.29 is 14.8 Å². The molecule has 0 aliphatic carbocycles. The number of rotatable bonds is 7. The Morgan fingerprint density at radius 3 is 2.58 bits per heavy atom. The van der Waals surface area contributed by atoms with Crippen molar-refractivity contribution in [3.8, 4) is 0 Å². The zero-order chi connectivity index (χ0) is 14.3. The summed E-state index contributed by atoms with van der Waals surface area (Å²) in [5.74, 6) is -0.914. The summed E-state index contributed by atoms with van der Waals surface area (Å²) >= 11 is 0. The molecule has 0 fully saturated rings. The summed E-state index contributed by atoms with van der Waals surface area (Å²) in [5, 5.41) is 22.6. The molecule has 1 aromatic rings. The molecular weight excluding hydrogens is 252 g/mol. The van der Waals surface area contributed by atoms with Crippen molar-refractivity contribution in [1.29, 1.82) is 0 Å². The van der Waals surface area contributed by atoms with E-state index in [1.807, 2.05) is 0 Å². The standard InChI is InChI=1S/C11H12N4O4/c12-14-13-10(2-1-3-11(16)17)8-4-6-9(7-5-8)15(18)19/h4-7,10H,1-3H2,(H,16,17). The Hall–Kier alpha value is -2.60. The van der Waals surface area contributed by atoms with Gasteiger partial charge in [-0.1, -0.05) is 17.2 Å². The first-order valence-electron chi connectivity index (χ1n) is 5.55. The maximum Gasteiger partial charge on any atom is 0.303 e. The van der Waals surface area contributed by atoms with Gasteiger partial charge in [0.05, 0.1) is 11.0 Å². The summed E-state index contributed by atoms with van der Waals surface area (Å²) < 4.78 is 0. The predicted octanol–water partition coefficient (Wildman–Crippen LogP) is 3.20. The van der Waals surface area contributed by atoms with Crippen LogP contribution in [0.4, 0.5) is 5.69 Å². The van der Waals surface area contributed by atoms with Gasteiger partial charge in [-0.25, -0.2) is 0 Å². The second-order valence-corrected chi connectivity index (χ2v) is 3.86. The lowest BCUT2D eigenvalue weighted by Gasteiger charge is -2.10. The van der Waals surface area contributed by atoms with E-state index in [1.165, 1.54) is 24.3 Å². The Bertz CT molecular complexity index is 508. The Labute approximate surface area is 108 Å². The van der Waals surface area contributed by atoms with Gasteiger partial charge in [-0.2, -0.15) is 0 Å². The summed E-state index contributed by atoms with van der Waals surface area (Å²) in [6, 6.07) is 5.17. The molecule has 1 aromatic carbocycles. The number of nitrogens with zero attached hydrogens (tertiary/aromatic N) is 4. The average Bonchev–Trinajstić information content (AvgIpc) is 2.37. The van der Waals surface area contributed by atoms with E-state index in [1.54, 1.807) is 0 Å². The second kappa shape index (κ2) is 6.97. The number of carboxylic acid groups (broad SMARTS) is 1. The Morgan fingerprint density at radius 1 is 1.47 bits per heavy atom. The molecule has 100 valence electrons. The van der Waals surface area contributed by atoms with Gasteiger partial charge in [0.15, 0.2) is 0 Å². The van der Waals surface area contributed by atoms with E-state index in [4.69, 9.17) is 10.6 Å². The van der Waals surface area contributed by atoms with E-state index in [9.17, 15) is 14.9 Å². The maximum atomic E-state index is 10.5. The van der Waals surface area contributed by atoms with Gasteiger partial charge in [0.2, 0.25) is 0 Å². The van der Waals surface area contributed by atoms with Crippen LogP contribution in [0.5, 0.6) is 0 Å². The Kier molecular flexibility index (Phi) is 5.31. The largest absolute Gasteiger partial charge is 0.481 e. The van der Waals surface area contributed by atoms with Crippen molar-refractivity contribution in [2.45, 2.75) is 25.3 Å². The molecule has 1 rings (SSSR count). The highest BCUT2D eigenvalue weighted by molar-refractivity contribution is 5.66. The van der Waals surface area contributed by atoms with Crippen LogP contribution in [0.3, 0.4) is 0 Å².